The lowest BCUT2D eigenvalue weighted by atomic mass is 9.44. The molecular weight excluding hydrogens is 1840 g/mol. The largest absolute Gasteiger partial charge is 0.501 e. The third-order valence-electron chi connectivity index (χ3n) is 32.0. The van der Waals surface area contributed by atoms with Crippen LogP contribution in [0.15, 0.2) is 554 Å². The van der Waals surface area contributed by atoms with Crippen LogP contribution in [0.3, 0.4) is 0 Å². The average molecular weight is 1930 g/mol. The molecule has 148 heavy (non-hydrogen) atoms. The maximum Gasteiger partial charge on any atom is 0.501 e. The number of aromatic nitrogens is 1. The zero-order valence-corrected chi connectivity index (χ0v) is 83.7. The number of rotatable bonds is 10. The van der Waals surface area contributed by atoms with Gasteiger partial charge >= 0.3 is 56.3 Å². The van der Waals surface area contributed by atoms with Crippen molar-refractivity contribution < 1.29 is 0 Å². The minimum Gasteiger partial charge on any atom is -0.423 e. The predicted molar refractivity (Wildman–Crippen MR) is 634 cm³/mol. The molecule has 0 unspecified atom stereocenters. The lowest BCUT2D eigenvalue weighted by Crippen LogP contribution is -2.74. The van der Waals surface area contributed by atoms with Crippen LogP contribution in [0.2, 0.25) is 0 Å². The van der Waals surface area contributed by atoms with Gasteiger partial charge in [-0.15, -0.1) is 11.3 Å². The van der Waals surface area contributed by atoms with E-state index in [0.29, 0.717) is 0 Å². The molecule has 0 bridgehead atoms. The Labute approximate surface area is 870 Å². The van der Waals surface area contributed by atoms with Crippen LogP contribution in [0.1, 0.15) is 0 Å². The Morgan fingerprint density at radius 3 is 1.03 bits per heavy atom. The molecule has 0 spiro atoms. The van der Waals surface area contributed by atoms with Crippen molar-refractivity contribution >= 4 is 175 Å². The molecular formula is C125H90B8N12SSi2. The summed E-state index contributed by atoms with van der Waals surface area (Å²) in [6.45, 7) is -0.450. The molecule has 0 amide bonds. The van der Waals surface area contributed by atoms with E-state index in [9.17, 15) is 0 Å². The van der Waals surface area contributed by atoms with E-state index in [4.69, 9.17) is 14.7 Å². The van der Waals surface area contributed by atoms with Gasteiger partial charge in [-0.2, -0.15) is 0 Å². The standard InChI is InChI=1S/C63H45B4N5SSi.C62H45B4N7Si/c1-3-19-47(20-4-1)74(48-21-5-2-6-22-48,50-35-38-66-70-41-15-13-36-64(70)69-40-16-14-37-65(69)71-42-18-39-68-67(71)72(66)45-50)49-32-34-57-52-23-7-9-25-54(52)60-43-46(31-33-56(60)53-24-8-10-26-55(53)61(57)44-49)51-28-17-29-59-58-27-11-12-30-62(58)73-63(51)59;1-3-19-47(20-4-1)74(48-21-5-2-6-22-48,50-35-37-64-70-41-17-38-67-66(70)71-42-18-39-68-65(71)69-40-16-15-36-63(69)72(64)45-50)49-32-34-56-51-23-7-9-25-53(51)59-43-46(31-33-55(59)52-24-8-10-26-54(52)60(56)44-49)73-61-29-13-11-27-57(61)58-28-12-14-30-62(58)73/h2*1-45H. The van der Waals surface area contributed by atoms with E-state index in [1.165, 1.54) is 184 Å². The average Bonchev–Trinajstić information content (AvgIpc) is 0.960. The van der Waals surface area contributed by atoms with Crippen molar-refractivity contribution in [2.24, 2.45) is 14.7 Å². The quantitative estimate of drug-likeness (QED) is 0.0991. The Morgan fingerprint density at radius 1 is 0.216 bits per heavy atom. The van der Waals surface area contributed by atoms with Gasteiger partial charge in [0.25, 0.3) is 0 Å². The maximum absolute atomic E-state index is 5.31. The van der Waals surface area contributed by atoms with Gasteiger partial charge in [-0.25, -0.2) is 0 Å². The fourth-order valence-electron chi connectivity index (χ4n) is 25.6. The molecule has 0 N–H and O–H groups in total. The van der Waals surface area contributed by atoms with Crippen molar-refractivity contribution in [1.82, 2.24) is 42.3 Å². The summed E-state index contributed by atoms with van der Waals surface area (Å²) in [5.41, 5.74) is 25.7. The second-order valence-electron chi connectivity index (χ2n) is 39.5. The third kappa shape index (κ3) is 13.8. The molecule has 2 aromatic heterocycles. The van der Waals surface area contributed by atoms with Crippen LogP contribution in [-0.4, -0.2) is 133 Å². The summed E-state index contributed by atoms with van der Waals surface area (Å²) < 4.78 is 24.4. The van der Waals surface area contributed by atoms with Gasteiger partial charge < -0.3 is 57.1 Å². The highest BCUT2D eigenvalue weighted by molar-refractivity contribution is 7.26. The first-order chi connectivity index (χ1) is 73.5. The molecule has 10 aliphatic heterocycles. The van der Waals surface area contributed by atoms with E-state index in [2.05, 4.69) is 559 Å². The summed E-state index contributed by atoms with van der Waals surface area (Å²) in [7, 11) is -7.21. The predicted octanol–water partition coefficient (Wildman–Crippen LogP) is 23.0. The van der Waals surface area contributed by atoms with Crippen LogP contribution >= 0.6 is 11.3 Å². The Balaban J connectivity index is 0.000000140. The minimum atomic E-state index is -3.17. The number of thiophene rings is 1. The van der Waals surface area contributed by atoms with Gasteiger partial charge in [0.15, 0.2) is 16.1 Å². The fraction of sp³-hybridized carbons (Fsp3) is 0. The normalized spacial score (nSPS) is 15.9. The molecule has 0 radical (unpaired) electrons. The van der Waals surface area contributed by atoms with Crippen molar-refractivity contribution in [2.45, 2.75) is 0 Å². The molecule has 2 aliphatic carbocycles. The van der Waals surface area contributed by atoms with E-state index < -0.39 is 16.1 Å². The fourth-order valence-corrected chi connectivity index (χ4v) is 36.4. The van der Waals surface area contributed by atoms with E-state index in [0.717, 1.165) is 5.69 Å². The topological polar surface area (TPSA) is 67.9 Å². The summed E-state index contributed by atoms with van der Waals surface area (Å²) in [5, 5.41) is 15.7. The van der Waals surface area contributed by atoms with Gasteiger partial charge in [-0.1, -0.05) is 406 Å². The number of benzene rings is 16. The van der Waals surface area contributed by atoms with Crippen molar-refractivity contribution in [1.29, 1.82) is 0 Å². The molecule has 18 aromatic rings. The second kappa shape index (κ2) is 35.8. The summed E-state index contributed by atoms with van der Waals surface area (Å²) in [5.74, 6) is 11.7. The Hall–Kier alpha value is -17.5. The molecule has 2 saturated heterocycles. The highest BCUT2D eigenvalue weighted by Crippen LogP contribution is 2.53. The van der Waals surface area contributed by atoms with Crippen LogP contribution in [0.25, 0.3) is 148 Å². The summed E-state index contributed by atoms with van der Waals surface area (Å²) in [6, 6.07) is 144. The maximum atomic E-state index is 5.31. The molecule has 12 aliphatic rings. The van der Waals surface area contributed by atoms with E-state index in [-0.39, 0.29) is 56.3 Å². The molecule has 12 nitrogen and oxygen atoms in total. The van der Waals surface area contributed by atoms with Crippen LogP contribution in [0.5, 0.6) is 0 Å². The summed E-state index contributed by atoms with van der Waals surface area (Å²) in [4.78, 5) is 15.5. The van der Waals surface area contributed by atoms with Crippen LogP contribution in [-0.2, 0) is 0 Å². The lowest BCUT2D eigenvalue weighted by molar-refractivity contribution is 0.606. The van der Waals surface area contributed by atoms with Crippen molar-refractivity contribution in [3.63, 3.8) is 0 Å². The first-order valence-corrected chi connectivity index (χ1v) is 56.0. The molecule has 23 heteroatoms. The first kappa shape index (κ1) is 87.1. The van der Waals surface area contributed by atoms with Crippen LogP contribution in [0.4, 0.5) is 0 Å². The number of allylic oxidation sites excluding steroid dienone is 13. The van der Waals surface area contributed by atoms with Crippen LogP contribution < -0.4 is 31.1 Å². The number of para-hydroxylation sites is 2. The number of hydrogen-bond donors (Lipinski definition) is 0. The zero-order chi connectivity index (χ0) is 97.5. The Morgan fingerprint density at radius 2 is 0.547 bits per heavy atom. The van der Waals surface area contributed by atoms with Gasteiger partial charge in [0.05, 0.1) is 11.0 Å². The molecule has 0 atom stereocenters. The van der Waals surface area contributed by atoms with Gasteiger partial charge in [-0.3, -0.25) is 0 Å². The van der Waals surface area contributed by atoms with Crippen molar-refractivity contribution in [3.8, 4) is 106 Å². The number of fused-ring (bicyclic) bond motifs is 38. The Bertz CT molecular complexity index is 8850. The number of nitrogens with zero attached hydrogens (tertiary/aromatic N) is 12. The summed E-state index contributed by atoms with van der Waals surface area (Å²) >= 11 is 1.89. The molecule has 30 rings (SSSR count). The Kier molecular flexibility index (Phi) is 21.1. The molecule has 2 fully saturated rings. The molecule has 0 saturated carbocycles. The van der Waals surface area contributed by atoms with Crippen molar-refractivity contribution in [2.75, 3.05) is 0 Å². The van der Waals surface area contributed by atoms with Crippen LogP contribution in [0, 0.1) is 0 Å². The highest BCUT2D eigenvalue weighted by Gasteiger charge is 2.57. The van der Waals surface area contributed by atoms with Gasteiger partial charge in [-0.05, 0) is 264 Å². The number of hydrogen-bond acceptors (Lipinski definition) is 12. The van der Waals surface area contributed by atoms with E-state index in [1.54, 1.807) is 0 Å². The van der Waals surface area contributed by atoms with E-state index in [1.807, 2.05) is 42.1 Å². The third-order valence-corrected chi connectivity index (χ3v) is 42.7. The zero-order valence-electron chi connectivity index (χ0n) is 80.9. The summed E-state index contributed by atoms with van der Waals surface area (Å²) in [6.07, 6.45) is 47.9. The SMILES string of the molecule is C1=CB2N3C=C([Si](c4ccccc4)(c4ccccc4)c4ccc5c(c4)-c4ccccc4-c4ccc(-n6c7ccccc7c7ccccc76)cc4-c4ccccc4-5)C=CB3N3C=CC=NB3N3C=CC=NB3N2C=C1.C1=CB2N3C=CC=CB3N3C=CC=NB3N3C=C([Si](c4ccccc4)(c4ccccc4)c4ccc5c(c4)-c4ccccc4-c4ccc(-c6cccc7c6sc6ccccc67)cc4-c4ccccc4-5)C=CB3N2C=C1. The van der Waals surface area contributed by atoms with Gasteiger partial charge in [0, 0.05) is 55.3 Å². The van der Waals surface area contributed by atoms with Crippen molar-refractivity contribution in [3.05, 3.63) is 539 Å². The smallest absolute Gasteiger partial charge is 0.423 e. The highest BCUT2D eigenvalue weighted by atomic mass is 32.1. The molecule has 16 aromatic carbocycles. The molecule has 688 valence electrons. The second-order valence-corrected chi connectivity index (χ2v) is 48.1. The van der Waals surface area contributed by atoms with E-state index >= 15 is 0 Å². The lowest BCUT2D eigenvalue weighted by Gasteiger charge is -2.53. The monoisotopic (exact) mass is 1930 g/mol. The van der Waals surface area contributed by atoms with Gasteiger partial charge in [0.2, 0.25) is 0 Å². The van der Waals surface area contributed by atoms with Gasteiger partial charge in [0.1, 0.15) is 0 Å². The first-order valence-electron chi connectivity index (χ1n) is 51.2. The molecule has 12 heterocycles. The minimum absolute atomic E-state index is 0.00644.